The quantitative estimate of drug-likeness (QED) is 0.886. The number of aromatic nitrogens is 3. The Bertz CT molecular complexity index is 619. The van der Waals surface area contributed by atoms with E-state index in [9.17, 15) is 0 Å². The van der Waals surface area contributed by atoms with Crippen molar-refractivity contribution in [2.45, 2.75) is 32.7 Å². The summed E-state index contributed by atoms with van der Waals surface area (Å²) in [6.45, 7) is 6.68. The summed E-state index contributed by atoms with van der Waals surface area (Å²) in [6.07, 6.45) is 0.264. The summed E-state index contributed by atoms with van der Waals surface area (Å²) in [5.74, 6) is 0.846. The molecule has 3 heterocycles. The van der Waals surface area contributed by atoms with Crippen molar-refractivity contribution in [3.05, 3.63) is 22.3 Å². The van der Waals surface area contributed by atoms with E-state index >= 15 is 0 Å². The summed E-state index contributed by atoms with van der Waals surface area (Å²) >= 11 is 7.01. The second-order valence-corrected chi connectivity index (χ2v) is 6.48. The smallest absolute Gasteiger partial charge is 0.217 e. The number of hydrogen-bond acceptors (Lipinski definition) is 5. The van der Waals surface area contributed by atoms with E-state index in [1.54, 1.807) is 11.3 Å². The molecule has 0 unspecified atom stereocenters. The van der Waals surface area contributed by atoms with E-state index < -0.39 is 0 Å². The molecule has 0 amide bonds. The van der Waals surface area contributed by atoms with Crippen LogP contribution in [-0.4, -0.2) is 45.0 Å². The third-order valence-electron chi connectivity index (χ3n) is 3.49. The summed E-state index contributed by atoms with van der Waals surface area (Å²) in [5, 5.41) is 5.33. The van der Waals surface area contributed by atoms with Gasteiger partial charge in [0.15, 0.2) is 5.82 Å². The van der Waals surface area contributed by atoms with E-state index in [2.05, 4.69) is 28.8 Å². The third kappa shape index (κ3) is 2.85. The number of morpholine rings is 1. The molecule has 0 aromatic carbocycles. The molecule has 0 spiro atoms. The van der Waals surface area contributed by atoms with Crippen LogP contribution in [0.25, 0.3) is 10.7 Å². The van der Waals surface area contributed by atoms with Crippen LogP contribution in [0.2, 0.25) is 0 Å². The Labute approximate surface area is 127 Å². The molecule has 0 saturated carbocycles. The Hall–Kier alpha value is -1.02. The maximum absolute atomic E-state index is 5.65. The summed E-state index contributed by atoms with van der Waals surface area (Å²) < 4.78 is 8.18. The number of rotatable bonds is 3. The standard InChI is InChI=1S/C13H18N4OS2/c1-9-7-18-10(2)6-16(9)8-17-13(19)14-12(15-17)11-4-3-5-20-11/h3-5,9-10H,6-8H2,1-2H3,(H,14,15,19)/t9-,10-/m0/s1. The van der Waals surface area contributed by atoms with Crippen molar-refractivity contribution in [1.29, 1.82) is 0 Å². The third-order valence-corrected chi connectivity index (χ3v) is 4.68. The fourth-order valence-corrected chi connectivity index (χ4v) is 3.19. The van der Waals surface area contributed by atoms with Gasteiger partial charge in [0.1, 0.15) is 0 Å². The summed E-state index contributed by atoms with van der Waals surface area (Å²) in [5.41, 5.74) is 0. The molecule has 0 aliphatic carbocycles. The van der Waals surface area contributed by atoms with Crippen LogP contribution in [0.1, 0.15) is 13.8 Å². The molecule has 1 aliphatic heterocycles. The number of H-pyrrole nitrogens is 1. The highest BCUT2D eigenvalue weighted by Crippen LogP contribution is 2.21. The predicted octanol–water partition coefficient (Wildman–Crippen LogP) is 2.74. The van der Waals surface area contributed by atoms with Gasteiger partial charge < -0.3 is 4.74 Å². The highest BCUT2D eigenvalue weighted by atomic mass is 32.1. The molecule has 2 aromatic rings. The van der Waals surface area contributed by atoms with Gasteiger partial charge in [-0.25, -0.2) is 4.68 Å². The Kier molecular flexibility index (Phi) is 4.02. The molecule has 2 aromatic heterocycles. The van der Waals surface area contributed by atoms with Crippen LogP contribution in [0.3, 0.4) is 0 Å². The fourth-order valence-electron chi connectivity index (χ4n) is 2.33. The topological polar surface area (TPSA) is 46.1 Å². The molecule has 3 rings (SSSR count). The van der Waals surface area contributed by atoms with Crippen LogP contribution in [0, 0.1) is 4.77 Å². The van der Waals surface area contributed by atoms with Crippen LogP contribution < -0.4 is 0 Å². The molecular weight excluding hydrogens is 292 g/mol. The van der Waals surface area contributed by atoms with E-state index in [1.807, 2.05) is 22.2 Å². The van der Waals surface area contributed by atoms with Crippen molar-refractivity contribution in [3.8, 4) is 10.7 Å². The van der Waals surface area contributed by atoms with Crippen molar-refractivity contribution in [1.82, 2.24) is 19.7 Å². The van der Waals surface area contributed by atoms with Gasteiger partial charge in [-0.1, -0.05) is 6.07 Å². The van der Waals surface area contributed by atoms with Crippen molar-refractivity contribution < 1.29 is 4.74 Å². The van der Waals surface area contributed by atoms with Crippen LogP contribution in [0.4, 0.5) is 0 Å². The molecule has 7 heteroatoms. The number of thiophene rings is 1. The first-order valence-corrected chi connectivity index (χ1v) is 7.98. The normalized spacial score (nSPS) is 24.1. The van der Waals surface area contributed by atoms with E-state index in [-0.39, 0.29) is 6.10 Å². The minimum atomic E-state index is 0.264. The predicted molar refractivity (Wildman–Crippen MR) is 82.3 cm³/mol. The number of hydrogen-bond donors (Lipinski definition) is 1. The van der Waals surface area contributed by atoms with Gasteiger partial charge in [-0.15, -0.1) is 11.3 Å². The van der Waals surface area contributed by atoms with Gasteiger partial charge in [-0.3, -0.25) is 10.00 Å². The summed E-state index contributed by atoms with van der Waals surface area (Å²) in [7, 11) is 0. The molecule has 1 saturated heterocycles. The highest BCUT2D eigenvalue weighted by Gasteiger charge is 2.24. The molecule has 20 heavy (non-hydrogen) atoms. The van der Waals surface area contributed by atoms with Crippen LogP contribution in [0.5, 0.6) is 0 Å². The first-order chi connectivity index (χ1) is 9.63. The lowest BCUT2D eigenvalue weighted by atomic mass is 10.2. The average Bonchev–Trinajstić information content (AvgIpc) is 3.04. The van der Waals surface area contributed by atoms with E-state index in [0.717, 1.165) is 30.5 Å². The van der Waals surface area contributed by atoms with Crippen molar-refractivity contribution in [2.75, 3.05) is 13.2 Å². The van der Waals surface area contributed by atoms with Gasteiger partial charge in [0.25, 0.3) is 0 Å². The highest BCUT2D eigenvalue weighted by molar-refractivity contribution is 7.71. The molecule has 5 nitrogen and oxygen atoms in total. The SMILES string of the molecule is C[C@H]1CN(Cn2[nH]c(-c3cccs3)nc2=S)[C@@H](C)CO1. The van der Waals surface area contributed by atoms with E-state index in [4.69, 9.17) is 17.0 Å². The minimum Gasteiger partial charge on any atom is -0.376 e. The van der Waals surface area contributed by atoms with E-state index in [0.29, 0.717) is 10.8 Å². The van der Waals surface area contributed by atoms with Crippen LogP contribution in [-0.2, 0) is 11.4 Å². The molecule has 1 N–H and O–H groups in total. The largest absolute Gasteiger partial charge is 0.376 e. The lowest BCUT2D eigenvalue weighted by molar-refractivity contribution is -0.0624. The first-order valence-electron chi connectivity index (χ1n) is 6.70. The molecule has 108 valence electrons. The zero-order chi connectivity index (χ0) is 14.1. The van der Waals surface area contributed by atoms with Gasteiger partial charge >= 0.3 is 0 Å². The Morgan fingerprint density at radius 3 is 3.15 bits per heavy atom. The first kappa shape index (κ1) is 13.9. The molecule has 0 radical (unpaired) electrons. The average molecular weight is 310 g/mol. The van der Waals surface area contributed by atoms with Crippen molar-refractivity contribution in [3.63, 3.8) is 0 Å². The van der Waals surface area contributed by atoms with Gasteiger partial charge in [-0.05, 0) is 37.5 Å². The van der Waals surface area contributed by atoms with Gasteiger partial charge in [0.2, 0.25) is 4.77 Å². The molecule has 0 bridgehead atoms. The maximum atomic E-state index is 5.65. The monoisotopic (exact) mass is 310 g/mol. The van der Waals surface area contributed by atoms with Crippen LogP contribution in [0.15, 0.2) is 17.5 Å². The Morgan fingerprint density at radius 2 is 2.40 bits per heavy atom. The van der Waals surface area contributed by atoms with Crippen molar-refractivity contribution in [2.24, 2.45) is 0 Å². The molecule has 1 aliphatic rings. The molecule has 2 atom stereocenters. The summed E-state index contributed by atoms with van der Waals surface area (Å²) in [6, 6.07) is 4.45. The maximum Gasteiger partial charge on any atom is 0.217 e. The van der Waals surface area contributed by atoms with Gasteiger partial charge in [-0.2, -0.15) is 4.98 Å². The zero-order valence-corrected chi connectivity index (χ0v) is 13.2. The Balaban J connectivity index is 1.79. The second-order valence-electron chi connectivity index (χ2n) is 5.17. The van der Waals surface area contributed by atoms with Gasteiger partial charge in [0.05, 0.1) is 24.3 Å². The number of aromatic amines is 1. The van der Waals surface area contributed by atoms with E-state index in [1.165, 1.54) is 0 Å². The number of ether oxygens (including phenoxy) is 1. The molecular formula is C13H18N4OS2. The van der Waals surface area contributed by atoms with Crippen molar-refractivity contribution >= 4 is 23.6 Å². The number of nitrogens with zero attached hydrogens (tertiary/aromatic N) is 3. The zero-order valence-electron chi connectivity index (χ0n) is 11.6. The lowest BCUT2D eigenvalue weighted by Crippen LogP contribution is -2.47. The molecule has 1 fully saturated rings. The lowest BCUT2D eigenvalue weighted by Gasteiger charge is -2.36. The Morgan fingerprint density at radius 1 is 1.55 bits per heavy atom. The number of nitrogens with one attached hydrogen (secondary N) is 1. The second kappa shape index (κ2) is 5.77. The fraction of sp³-hybridized carbons (Fsp3) is 0.538. The minimum absolute atomic E-state index is 0.264. The van der Waals surface area contributed by atoms with Crippen LogP contribution >= 0.6 is 23.6 Å². The van der Waals surface area contributed by atoms with Gasteiger partial charge in [0, 0.05) is 12.6 Å². The summed E-state index contributed by atoms with van der Waals surface area (Å²) in [4.78, 5) is 7.91.